The highest BCUT2D eigenvalue weighted by Crippen LogP contribution is 2.28. The summed E-state index contributed by atoms with van der Waals surface area (Å²) in [7, 11) is 3.84. The van der Waals surface area contributed by atoms with Gasteiger partial charge in [0, 0.05) is 32.5 Å². The Morgan fingerprint density at radius 2 is 2.00 bits per heavy atom. The summed E-state index contributed by atoms with van der Waals surface area (Å²) in [6, 6.07) is 11.7. The smallest absolute Gasteiger partial charge is 0.243 e. The van der Waals surface area contributed by atoms with E-state index in [4.69, 9.17) is 0 Å². The summed E-state index contributed by atoms with van der Waals surface area (Å²) < 4.78 is 2.93. The third-order valence-electron chi connectivity index (χ3n) is 4.50. The molecule has 1 atom stereocenters. The minimum absolute atomic E-state index is 0.0133. The standard InChI is InChI=1S/C20H23BrN4OS/c1-13-17(14(2)25(23-13)16-8-6-5-7-9-16)11-22-20(26)19(24(3)4)18-10-15(21)12-27-18/h5-10,12,19H,11H2,1-4H3,(H,22,26). The lowest BCUT2D eigenvalue weighted by atomic mass is 10.1. The van der Waals surface area contributed by atoms with E-state index in [1.807, 2.05) is 79.3 Å². The van der Waals surface area contributed by atoms with Gasteiger partial charge in [-0.1, -0.05) is 18.2 Å². The number of aryl methyl sites for hydroxylation is 1. The number of halogens is 1. The number of carbonyl (C=O) groups is 1. The van der Waals surface area contributed by atoms with Crippen molar-refractivity contribution in [3.05, 3.63) is 68.1 Å². The molecule has 0 fully saturated rings. The van der Waals surface area contributed by atoms with Crippen molar-refractivity contribution in [1.29, 1.82) is 0 Å². The molecule has 0 aliphatic rings. The first-order valence-corrected chi connectivity index (χ1v) is 10.3. The van der Waals surface area contributed by atoms with Crippen molar-refractivity contribution < 1.29 is 4.79 Å². The molecule has 1 N–H and O–H groups in total. The fraction of sp³-hybridized carbons (Fsp3) is 0.300. The molecule has 0 radical (unpaired) electrons. The first-order chi connectivity index (χ1) is 12.9. The molecule has 1 unspecified atom stereocenters. The predicted molar refractivity (Wildman–Crippen MR) is 113 cm³/mol. The third kappa shape index (κ3) is 4.31. The van der Waals surface area contributed by atoms with Gasteiger partial charge in [0.2, 0.25) is 5.91 Å². The maximum absolute atomic E-state index is 12.9. The predicted octanol–water partition coefficient (Wildman–Crippen LogP) is 4.23. The van der Waals surface area contributed by atoms with Gasteiger partial charge in [-0.2, -0.15) is 5.10 Å². The van der Waals surface area contributed by atoms with Crippen LogP contribution >= 0.6 is 27.3 Å². The van der Waals surface area contributed by atoms with Crippen LogP contribution in [0, 0.1) is 13.8 Å². The zero-order valence-corrected chi connectivity index (χ0v) is 18.3. The van der Waals surface area contributed by atoms with Crippen LogP contribution in [-0.2, 0) is 11.3 Å². The first kappa shape index (κ1) is 19.8. The Kier molecular flexibility index (Phi) is 6.14. The SMILES string of the molecule is Cc1nn(-c2ccccc2)c(C)c1CNC(=O)C(c1cc(Br)cs1)N(C)C. The molecule has 7 heteroatoms. The van der Waals surface area contributed by atoms with Crippen molar-refractivity contribution in [3.63, 3.8) is 0 Å². The second kappa shape index (κ2) is 8.37. The minimum Gasteiger partial charge on any atom is -0.350 e. The number of amides is 1. The Bertz CT molecular complexity index is 933. The molecule has 0 bridgehead atoms. The van der Waals surface area contributed by atoms with Crippen LogP contribution in [0.15, 0.2) is 46.3 Å². The lowest BCUT2D eigenvalue weighted by Gasteiger charge is -2.22. The summed E-state index contributed by atoms with van der Waals surface area (Å²) in [5, 5.41) is 9.74. The Morgan fingerprint density at radius 1 is 1.30 bits per heavy atom. The van der Waals surface area contributed by atoms with Gasteiger partial charge in [0.25, 0.3) is 0 Å². The molecular formula is C20H23BrN4OS. The summed E-state index contributed by atoms with van der Waals surface area (Å²) in [6.45, 7) is 4.47. The van der Waals surface area contributed by atoms with E-state index in [0.717, 1.165) is 32.0 Å². The molecule has 0 aliphatic heterocycles. The zero-order chi connectivity index (χ0) is 19.6. The van der Waals surface area contributed by atoms with Crippen LogP contribution in [0.25, 0.3) is 5.69 Å². The average molecular weight is 447 g/mol. The van der Waals surface area contributed by atoms with E-state index in [1.54, 1.807) is 11.3 Å². The maximum atomic E-state index is 12.9. The molecule has 3 aromatic rings. The van der Waals surface area contributed by atoms with Gasteiger partial charge in [0.05, 0.1) is 11.4 Å². The number of carbonyl (C=O) groups excluding carboxylic acids is 1. The molecule has 1 aromatic carbocycles. The lowest BCUT2D eigenvalue weighted by molar-refractivity contribution is -0.125. The van der Waals surface area contributed by atoms with Gasteiger partial charge in [-0.05, 0) is 62.1 Å². The minimum atomic E-state index is -0.314. The maximum Gasteiger partial charge on any atom is 0.243 e. The molecule has 5 nitrogen and oxygen atoms in total. The summed E-state index contributed by atoms with van der Waals surface area (Å²) >= 11 is 5.05. The van der Waals surface area contributed by atoms with Crippen LogP contribution in [0.5, 0.6) is 0 Å². The fourth-order valence-electron chi connectivity index (χ4n) is 3.11. The zero-order valence-electron chi connectivity index (χ0n) is 15.9. The topological polar surface area (TPSA) is 50.2 Å². The number of para-hydroxylation sites is 1. The molecule has 0 aliphatic carbocycles. The molecule has 2 aromatic heterocycles. The molecule has 27 heavy (non-hydrogen) atoms. The van der Waals surface area contributed by atoms with Crippen LogP contribution < -0.4 is 5.32 Å². The van der Waals surface area contributed by atoms with E-state index in [2.05, 4.69) is 26.3 Å². The molecule has 2 heterocycles. The van der Waals surface area contributed by atoms with E-state index in [0.29, 0.717) is 6.54 Å². The van der Waals surface area contributed by atoms with Crippen LogP contribution in [0.3, 0.4) is 0 Å². The molecule has 142 valence electrons. The van der Waals surface area contributed by atoms with Gasteiger partial charge in [-0.15, -0.1) is 11.3 Å². The number of hydrogen-bond donors (Lipinski definition) is 1. The Balaban J connectivity index is 1.78. The number of aromatic nitrogens is 2. The quantitative estimate of drug-likeness (QED) is 0.615. The summed E-state index contributed by atoms with van der Waals surface area (Å²) in [5.41, 5.74) is 4.04. The van der Waals surface area contributed by atoms with E-state index >= 15 is 0 Å². The molecule has 1 amide bonds. The van der Waals surface area contributed by atoms with Gasteiger partial charge >= 0.3 is 0 Å². The number of rotatable bonds is 6. The summed E-state index contributed by atoms with van der Waals surface area (Å²) in [5.74, 6) is -0.0133. The lowest BCUT2D eigenvalue weighted by Crippen LogP contribution is -2.36. The summed E-state index contributed by atoms with van der Waals surface area (Å²) in [4.78, 5) is 15.8. The number of likely N-dealkylation sites (N-methyl/N-ethyl adjacent to an activating group) is 1. The van der Waals surface area contributed by atoms with Gasteiger partial charge in [0.1, 0.15) is 6.04 Å². The fourth-order valence-corrected chi connectivity index (χ4v) is 4.75. The van der Waals surface area contributed by atoms with Gasteiger partial charge in [0.15, 0.2) is 0 Å². The molecule has 0 spiro atoms. The third-order valence-corrected chi connectivity index (χ3v) is 6.25. The number of nitrogens with zero attached hydrogens (tertiary/aromatic N) is 3. The van der Waals surface area contributed by atoms with Crippen LogP contribution in [-0.4, -0.2) is 34.7 Å². The Hall–Kier alpha value is -1.96. The van der Waals surface area contributed by atoms with Crippen LogP contribution in [0.1, 0.15) is 27.9 Å². The molecule has 0 saturated heterocycles. The highest BCUT2D eigenvalue weighted by molar-refractivity contribution is 9.10. The normalized spacial score (nSPS) is 12.4. The highest BCUT2D eigenvalue weighted by atomic mass is 79.9. The second-order valence-electron chi connectivity index (χ2n) is 6.65. The van der Waals surface area contributed by atoms with Crippen molar-refractivity contribution in [2.45, 2.75) is 26.4 Å². The monoisotopic (exact) mass is 446 g/mol. The first-order valence-electron chi connectivity index (χ1n) is 8.67. The average Bonchev–Trinajstić information content (AvgIpc) is 3.17. The second-order valence-corrected chi connectivity index (χ2v) is 8.51. The number of hydrogen-bond acceptors (Lipinski definition) is 4. The number of nitrogens with one attached hydrogen (secondary N) is 1. The van der Waals surface area contributed by atoms with Gasteiger partial charge in [-0.25, -0.2) is 4.68 Å². The van der Waals surface area contributed by atoms with Crippen molar-refractivity contribution in [2.24, 2.45) is 0 Å². The van der Waals surface area contributed by atoms with E-state index in [9.17, 15) is 4.79 Å². The number of thiophene rings is 1. The molecule has 3 rings (SSSR count). The van der Waals surface area contributed by atoms with E-state index < -0.39 is 0 Å². The Morgan fingerprint density at radius 3 is 2.59 bits per heavy atom. The van der Waals surface area contributed by atoms with E-state index in [-0.39, 0.29) is 11.9 Å². The van der Waals surface area contributed by atoms with Gasteiger partial charge < -0.3 is 5.32 Å². The van der Waals surface area contributed by atoms with Crippen LogP contribution in [0.4, 0.5) is 0 Å². The Labute approximate surface area is 172 Å². The highest BCUT2D eigenvalue weighted by Gasteiger charge is 2.25. The van der Waals surface area contributed by atoms with Crippen molar-refractivity contribution in [2.75, 3.05) is 14.1 Å². The van der Waals surface area contributed by atoms with Crippen molar-refractivity contribution in [1.82, 2.24) is 20.0 Å². The van der Waals surface area contributed by atoms with Crippen molar-refractivity contribution >= 4 is 33.2 Å². The van der Waals surface area contributed by atoms with E-state index in [1.165, 1.54) is 0 Å². The van der Waals surface area contributed by atoms with Crippen LogP contribution in [0.2, 0.25) is 0 Å². The molecule has 0 saturated carbocycles. The largest absolute Gasteiger partial charge is 0.350 e. The number of benzene rings is 1. The summed E-state index contributed by atoms with van der Waals surface area (Å²) in [6.07, 6.45) is 0. The van der Waals surface area contributed by atoms with Gasteiger partial charge in [-0.3, -0.25) is 9.69 Å². The van der Waals surface area contributed by atoms with Crippen molar-refractivity contribution in [3.8, 4) is 5.69 Å². The molecular weight excluding hydrogens is 424 g/mol.